The number of para-hydroxylation sites is 4. The third kappa shape index (κ3) is 5.87. The zero-order valence-corrected chi connectivity index (χ0v) is 37.9. The van der Waals surface area contributed by atoms with E-state index in [1.54, 1.807) is 0 Å². The third-order valence-electron chi connectivity index (χ3n) is 12.9. The van der Waals surface area contributed by atoms with E-state index in [0.717, 1.165) is 67.2 Å². The Balaban J connectivity index is 0.00000444. The molecule has 0 saturated carbocycles. The fourth-order valence-electron chi connectivity index (χ4n) is 10.0. The van der Waals surface area contributed by atoms with E-state index in [2.05, 4.69) is 191 Å². The van der Waals surface area contributed by atoms with Crippen LogP contribution in [-0.2, 0) is 35.2 Å². The van der Waals surface area contributed by atoms with Crippen molar-refractivity contribution in [1.29, 1.82) is 0 Å². The van der Waals surface area contributed by atoms with Crippen molar-refractivity contribution in [1.82, 2.24) is 23.7 Å². The van der Waals surface area contributed by atoms with E-state index in [0.29, 0.717) is 11.5 Å². The molecule has 0 saturated heterocycles. The Morgan fingerprint density at radius 3 is 1.92 bits per heavy atom. The summed E-state index contributed by atoms with van der Waals surface area (Å²) in [5.41, 5.74) is 14.9. The van der Waals surface area contributed by atoms with Crippen LogP contribution in [0.4, 0.5) is 22.7 Å². The summed E-state index contributed by atoms with van der Waals surface area (Å²) in [7, 11) is 4.36. The first-order valence-corrected chi connectivity index (χ1v) is 21.4. The van der Waals surface area contributed by atoms with Gasteiger partial charge >= 0.3 is 0 Å². The van der Waals surface area contributed by atoms with Crippen LogP contribution in [-0.4, -0.2) is 23.7 Å². The van der Waals surface area contributed by atoms with E-state index in [1.165, 1.54) is 43.6 Å². The normalized spacial score (nSPS) is 12.6. The van der Waals surface area contributed by atoms with Crippen LogP contribution in [0.2, 0.25) is 0 Å². The van der Waals surface area contributed by atoms with Gasteiger partial charge in [-0.15, -0.1) is 42.7 Å². The second kappa shape index (κ2) is 15.0. The second-order valence-electron chi connectivity index (χ2n) is 16.5. The number of aryl methyl sites for hydroxylation is 3. The van der Waals surface area contributed by atoms with Gasteiger partial charge in [-0.1, -0.05) is 89.8 Å². The summed E-state index contributed by atoms with van der Waals surface area (Å²) in [6, 6.07) is 62.2. The molecule has 0 amide bonds. The number of fused-ring (bicyclic) bond motifs is 10. The number of aromatic nitrogens is 5. The largest absolute Gasteiger partial charge is 0.509 e. The van der Waals surface area contributed by atoms with Crippen molar-refractivity contribution >= 4 is 88.3 Å². The topological polar surface area (TPSA) is 56.3 Å². The number of rotatable bonds is 6. The molecule has 6 heterocycles. The maximum atomic E-state index is 6.66. The molecule has 0 aliphatic carbocycles. The first kappa shape index (κ1) is 39.0. The summed E-state index contributed by atoms with van der Waals surface area (Å²) in [6.45, 7) is 4.33. The molecule has 0 fully saturated rings. The number of hydrogen-bond acceptors (Lipinski definition) is 5. The summed E-state index contributed by atoms with van der Waals surface area (Å²) in [5.74, 6) is 1.93. The van der Waals surface area contributed by atoms with Crippen molar-refractivity contribution in [3.8, 4) is 28.4 Å². The molecule has 316 valence electrons. The van der Waals surface area contributed by atoms with Gasteiger partial charge in [-0.2, -0.15) is 12.1 Å². The Labute approximate surface area is 389 Å². The number of hydrogen-bond donors (Lipinski definition) is 0. The van der Waals surface area contributed by atoms with Crippen LogP contribution in [0, 0.1) is 25.7 Å². The number of anilines is 4. The molecule has 8 nitrogen and oxygen atoms in total. The molecule has 12 aromatic rings. The zero-order valence-electron chi connectivity index (χ0n) is 35.6. The van der Waals surface area contributed by atoms with Gasteiger partial charge in [0.2, 0.25) is 0 Å². The molecule has 0 spiro atoms. The molecule has 65 heavy (non-hydrogen) atoms. The van der Waals surface area contributed by atoms with E-state index in [9.17, 15) is 0 Å². The molecule has 1 aliphatic heterocycles. The molecule has 5 aromatic heterocycles. The summed E-state index contributed by atoms with van der Waals surface area (Å²) in [5, 5.41) is 5.88. The number of benzene rings is 7. The molecule has 0 atom stereocenters. The van der Waals surface area contributed by atoms with E-state index >= 15 is 0 Å². The molecule has 9 heteroatoms. The van der Waals surface area contributed by atoms with Crippen LogP contribution >= 0.6 is 0 Å². The van der Waals surface area contributed by atoms with E-state index in [4.69, 9.17) is 14.7 Å². The van der Waals surface area contributed by atoms with Crippen LogP contribution < -0.4 is 14.5 Å². The van der Waals surface area contributed by atoms with E-state index in [1.807, 2.05) is 42.7 Å². The SMILES string of the molecule is Cc1cc(-n2c3[c-]c(Oc4[c-]c(N5[CH-]N(c6c7c(cc8c9ccccc9n(C)c68)c6ccccc6n7C)c6ccccc65)ccc4)ccc3c3ncccc32)ncc1-c1ccccc1.[Pt]. The van der Waals surface area contributed by atoms with Crippen molar-refractivity contribution < 1.29 is 25.8 Å². The summed E-state index contributed by atoms with van der Waals surface area (Å²) in [4.78, 5) is 14.4. The van der Waals surface area contributed by atoms with Crippen molar-refractivity contribution in [3.05, 3.63) is 194 Å². The van der Waals surface area contributed by atoms with Crippen molar-refractivity contribution in [3.63, 3.8) is 0 Å². The fraction of sp³-hybridized carbons (Fsp3) is 0.0536. The first-order chi connectivity index (χ1) is 31.5. The van der Waals surface area contributed by atoms with Crippen LogP contribution in [0.25, 0.3) is 82.5 Å². The van der Waals surface area contributed by atoms with Crippen LogP contribution in [0.1, 0.15) is 5.56 Å². The standard InChI is InChI=1S/C56H38N7O.Pt/c1-35-29-52(58-33-45(35)36-15-5-4-6-16-36)63-50-25-14-28-57-53(50)42-27-26-39(31-51(42)63)64-38-18-13-17-37(30-38)61-34-62(49-24-12-11-23-48(49)61)56-54-43(40-19-7-9-21-46(40)59(54)2)32-44-41-20-8-10-22-47(41)60(3)55(44)56;/h4-29,32-34H,1-3H3;/q-3;. The summed E-state index contributed by atoms with van der Waals surface area (Å²) >= 11 is 0. The Morgan fingerprint density at radius 1 is 0.554 bits per heavy atom. The maximum Gasteiger partial charge on any atom is 0.135 e. The third-order valence-corrected chi connectivity index (χ3v) is 12.9. The van der Waals surface area contributed by atoms with Gasteiger partial charge < -0.3 is 28.2 Å². The number of nitrogens with zero attached hydrogens (tertiary/aromatic N) is 7. The molecule has 0 N–H and O–H groups in total. The van der Waals surface area contributed by atoms with Crippen LogP contribution in [0.15, 0.2) is 170 Å². The van der Waals surface area contributed by atoms with Gasteiger partial charge in [0.15, 0.2) is 0 Å². The fourth-order valence-corrected chi connectivity index (χ4v) is 10.0. The summed E-state index contributed by atoms with van der Waals surface area (Å²) < 4.78 is 13.5. The molecule has 7 aromatic carbocycles. The Kier molecular flexibility index (Phi) is 8.97. The minimum Gasteiger partial charge on any atom is -0.509 e. The number of pyridine rings is 2. The predicted molar refractivity (Wildman–Crippen MR) is 260 cm³/mol. The van der Waals surface area contributed by atoms with E-state index < -0.39 is 0 Å². The summed E-state index contributed by atoms with van der Waals surface area (Å²) in [6.07, 6.45) is 3.78. The number of ether oxygens (including phenoxy) is 1. The predicted octanol–water partition coefficient (Wildman–Crippen LogP) is 13.6. The second-order valence-corrected chi connectivity index (χ2v) is 16.5. The molecule has 1 aliphatic rings. The van der Waals surface area contributed by atoms with E-state index in [-0.39, 0.29) is 21.1 Å². The molecular weight excluding hydrogens is 982 g/mol. The average molecular weight is 1020 g/mol. The maximum absolute atomic E-state index is 6.66. The van der Waals surface area contributed by atoms with Crippen LogP contribution in [0.3, 0.4) is 0 Å². The Bertz CT molecular complexity index is 3770. The molecule has 0 unspecified atom stereocenters. The minimum atomic E-state index is 0. The Hall–Kier alpha value is -7.67. The Morgan fingerprint density at radius 2 is 1.20 bits per heavy atom. The van der Waals surface area contributed by atoms with Gasteiger partial charge in [-0.3, -0.25) is 4.98 Å². The molecular formula is C56H38N7OPt-3. The zero-order chi connectivity index (χ0) is 42.6. The monoisotopic (exact) mass is 1020 g/mol. The molecule has 0 bridgehead atoms. The van der Waals surface area contributed by atoms with Gasteiger partial charge in [-0.05, 0) is 66.6 Å². The average Bonchev–Trinajstić information content (AvgIpc) is 4.05. The van der Waals surface area contributed by atoms with Gasteiger partial charge in [0.05, 0.1) is 22.2 Å². The van der Waals surface area contributed by atoms with Crippen molar-refractivity contribution in [2.24, 2.45) is 14.1 Å². The van der Waals surface area contributed by atoms with Crippen LogP contribution in [0.5, 0.6) is 11.5 Å². The van der Waals surface area contributed by atoms with Crippen molar-refractivity contribution in [2.45, 2.75) is 6.92 Å². The first-order valence-electron chi connectivity index (χ1n) is 21.4. The van der Waals surface area contributed by atoms with Gasteiger partial charge in [0, 0.05) is 114 Å². The smallest absolute Gasteiger partial charge is 0.135 e. The van der Waals surface area contributed by atoms with Gasteiger partial charge in [-0.25, -0.2) is 4.98 Å². The molecule has 13 rings (SSSR count). The minimum absolute atomic E-state index is 0. The van der Waals surface area contributed by atoms with Crippen molar-refractivity contribution in [2.75, 3.05) is 9.80 Å². The van der Waals surface area contributed by atoms with Gasteiger partial charge in [0.1, 0.15) is 5.82 Å². The van der Waals surface area contributed by atoms with Gasteiger partial charge in [0.25, 0.3) is 0 Å². The molecule has 0 radical (unpaired) electrons. The quantitative estimate of drug-likeness (QED) is 0.155.